The zero-order chi connectivity index (χ0) is 16.5. The summed E-state index contributed by atoms with van der Waals surface area (Å²) < 4.78 is 5.41. The van der Waals surface area contributed by atoms with Crippen LogP contribution in [-0.2, 0) is 11.2 Å². The number of nitrogens with zero attached hydrogens (tertiary/aromatic N) is 2. The monoisotopic (exact) mass is 356 g/mol. The van der Waals surface area contributed by atoms with Crippen LogP contribution in [0.25, 0.3) is 0 Å². The van der Waals surface area contributed by atoms with E-state index >= 15 is 0 Å². The molecule has 0 atom stereocenters. The highest BCUT2D eigenvalue weighted by Crippen LogP contribution is 2.47. The van der Waals surface area contributed by atoms with Crippen LogP contribution in [0.2, 0.25) is 0 Å². The molecule has 124 valence electrons. The van der Waals surface area contributed by atoms with Crippen molar-refractivity contribution in [3.63, 3.8) is 0 Å². The number of benzene rings is 2. The molecule has 0 aliphatic carbocycles. The predicted octanol–water partition coefficient (Wildman–Crippen LogP) is 4.12. The molecule has 0 bridgehead atoms. The van der Waals surface area contributed by atoms with Crippen molar-refractivity contribution >= 4 is 40.3 Å². The van der Waals surface area contributed by atoms with Crippen LogP contribution in [0.4, 0.5) is 11.4 Å². The normalized spacial score (nSPS) is 16.5. The van der Waals surface area contributed by atoms with Crippen LogP contribution >= 0.6 is 24.0 Å². The largest absolute Gasteiger partial charge is 0.378 e. The SMILES string of the molecule is CN1c2ccccc2Sc2ccc(CC(=S)N3CCOCC3)cc21. The summed E-state index contributed by atoms with van der Waals surface area (Å²) in [6.45, 7) is 3.38. The van der Waals surface area contributed by atoms with Crippen LogP contribution in [0.5, 0.6) is 0 Å². The van der Waals surface area contributed by atoms with Crippen molar-refractivity contribution in [1.82, 2.24) is 4.90 Å². The van der Waals surface area contributed by atoms with E-state index in [4.69, 9.17) is 17.0 Å². The minimum absolute atomic E-state index is 0.778. The number of morpholine rings is 1. The van der Waals surface area contributed by atoms with Gasteiger partial charge in [0.1, 0.15) is 0 Å². The lowest BCUT2D eigenvalue weighted by molar-refractivity contribution is 0.0684. The van der Waals surface area contributed by atoms with Gasteiger partial charge in [-0.15, -0.1) is 0 Å². The van der Waals surface area contributed by atoms with Crippen molar-refractivity contribution in [1.29, 1.82) is 0 Å². The van der Waals surface area contributed by atoms with E-state index in [2.05, 4.69) is 59.3 Å². The van der Waals surface area contributed by atoms with Crippen LogP contribution in [-0.4, -0.2) is 43.2 Å². The van der Waals surface area contributed by atoms with Gasteiger partial charge in [-0.25, -0.2) is 0 Å². The maximum Gasteiger partial charge on any atom is 0.0825 e. The van der Waals surface area contributed by atoms with Crippen LogP contribution in [0.3, 0.4) is 0 Å². The third kappa shape index (κ3) is 3.04. The Kier molecular flexibility index (Phi) is 4.48. The molecule has 2 aromatic carbocycles. The predicted molar refractivity (Wildman–Crippen MR) is 104 cm³/mol. The average molecular weight is 357 g/mol. The van der Waals surface area contributed by atoms with E-state index in [0.29, 0.717) is 0 Å². The van der Waals surface area contributed by atoms with Gasteiger partial charge in [-0.2, -0.15) is 0 Å². The lowest BCUT2D eigenvalue weighted by atomic mass is 10.1. The molecule has 1 fully saturated rings. The van der Waals surface area contributed by atoms with E-state index in [-0.39, 0.29) is 0 Å². The van der Waals surface area contributed by atoms with Gasteiger partial charge in [0.15, 0.2) is 0 Å². The fourth-order valence-electron chi connectivity index (χ4n) is 3.19. The van der Waals surface area contributed by atoms with E-state index in [1.54, 1.807) is 0 Å². The molecule has 2 aliphatic rings. The molecule has 2 aromatic rings. The van der Waals surface area contributed by atoms with E-state index < -0.39 is 0 Å². The second kappa shape index (κ2) is 6.75. The maximum atomic E-state index is 5.65. The first-order chi connectivity index (χ1) is 11.7. The topological polar surface area (TPSA) is 15.7 Å². The second-order valence-electron chi connectivity index (χ2n) is 6.10. The molecule has 2 heterocycles. The van der Waals surface area contributed by atoms with Crippen LogP contribution in [0.1, 0.15) is 5.56 Å². The summed E-state index contributed by atoms with van der Waals surface area (Å²) in [5.74, 6) is 0. The van der Waals surface area contributed by atoms with Gasteiger partial charge in [-0.1, -0.05) is 42.2 Å². The quantitative estimate of drug-likeness (QED) is 0.750. The first-order valence-electron chi connectivity index (χ1n) is 8.21. The molecule has 0 unspecified atom stereocenters. The molecule has 0 N–H and O–H groups in total. The van der Waals surface area contributed by atoms with Crippen LogP contribution < -0.4 is 4.90 Å². The smallest absolute Gasteiger partial charge is 0.0825 e. The number of fused-ring (bicyclic) bond motifs is 2. The zero-order valence-corrected chi connectivity index (χ0v) is 15.3. The Morgan fingerprint density at radius 1 is 1.08 bits per heavy atom. The van der Waals surface area contributed by atoms with Gasteiger partial charge < -0.3 is 14.5 Å². The fourth-order valence-corrected chi connectivity index (χ4v) is 4.67. The number of thiocarbonyl (C=S) groups is 1. The molecule has 4 rings (SSSR count). The summed E-state index contributed by atoms with van der Waals surface area (Å²) in [5, 5.41) is 0. The average Bonchev–Trinajstić information content (AvgIpc) is 2.63. The van der Waals surface area contributed by atoms with E-state index in [1.165, 1.54) is 26.7 Å². The molecule has 0 amide bonds. The van der Waals surface area contributed by atoms with Gasteiger partial charge in [0, 0.05) is 36.3 Å². The summed E-state index contributed by atoms with van der Waals surface area (Å²) >= 11 is 7.50. The lowest BCUT2D eigenvalue weighted by Crippen LogP contribution is -2.40. The standard InChI is InChI=1S/C19H20N2OS2/c1-20-15-4-2-3-5-17(15)24-18-7-6-14(12-16(18)20)13-19(23)21-8-10-22-11-9-21/h2-7,12H,8-11,13H2,1H3. The molecule has 5 heteroatoms. The summed E-state index contributed by atoms with van der Waals surface area (Å²) in [5.41, 5.74) is 3.81. The summed E-state index contributed by atoms with van der Waals surface area (Å²) in [6.07, 6.45) is 0.822. The summed E-state index contributed by atoms with van der Waals surface area (Å²) in [4.78, 5) is 8.18. The molecule has 24 heavy (non-hydrogen) atoms. The van der Waals surface area contributed by atoms with Gasteiger partial charge in [-0.05, 0) is 29.8 Å². The highest BCUT2D eigenvalue weighted by Gasteiger charge is 2.21. The van der Waals surface area contributed by atoms with Crippen molar-refractivity contribution in [2.45, 2.75) is 16.2 Å². The van der Waals surface area contributed by atoms with Crippen molar-refractivity contribution in [3.05, 3.63) is 48.0 Å². The van der Waals surface area contributed by atoms with Gasteiger partial charge >= 0.3 is 0 Å². The third-order valence-electron chi connectivity index (χ3n) is 4.55. The van der Waals surface area contributed by atoms with Gasteiger partial charge in [0.05, 0.1) is 29.6 Å². The number of hydrogen-bond acceptors (Lipinski definition) is 4. The van der Waals surface area contributed by atoms with E-state index in [1.807, 2.05) is 11.8 Å². The van der Waals surface area contributed by atoms with Crippen LogP contribution in [0, 0.1) is 0 Å². The molecule has 0 radical (unpaired) electrons. The van der Waals surface area contributed by atoms with Crippen molar-refractivity contribution in [3.8, 4) is 0 Å². The number of hydrogen-bond donors (Lipinski definition) is 0. The second-order valence-corrected chi connectivity index (χ2v) is 7.66. The van der Waals surface area contributed by atoms with E-state index in [0.717, 1.165) is 37.7 Å². The summed E-state index contributed by atoms with van der Waals surface area (Å²) in [7, 11) is 2.14. The lowest BCUT2D eigenvalue weighted by Gasteiger charge is -2.31. The first kappa shape index (κ1) is 15.9. The molecule has 0 saturated carbocycles. The number of ether oxygens (including phenoxy) is 1. The molecule has 3 nitrogen and oxygen atoms in total. The third-order valence-corrected chi connectivity index (χ3v) is 6.08. The highest BCUT2D eigenvalue weighted by atomic mass is 32.2. The fraction of sp³-hybridized carbons (Fsp3) is 0.316. The van der Waals surface area contributed by atoms with Gasteiger partial charge in [0.2, 0.25) is 0 Å². The van der Waals surface area contributed by atoms with E-state index in [9.17, 15) is 0 Å². The Balaban J connectivity index is 1.56. The number of para-hydroxylation sites is 1. The van der Waals surface area contributed by atoms with Crippen LogP contribution in [0.15, 0.2) is 52.3 Å². The Bertz CT molecular complexity index is 772. The maximum absolute atomic E-state index is 5.65. The Morgan fingerprint density at radius 2 is 1.83 bits per heavy atom. The molecule has 0 spiro atoms. The minimum atomic E-state index is 0.778. The zero-order valence-electron chi connectivity index (χ0n) is 13.7. The highest BCUT2D eigenvalue weighted by molar-refractivity contribution is 7.99. The molecule has 1 saturated heterocycles. The Labute approximate surface area is 152 Å². The minimum Gasteiger partial charge on any atom is -0.378 e. The Morgan fingerprint density at radius 3 is 2.67 bits per heavy atom. The van der Waals surface area contributed by atoms with Crippen molar-refractivity contribution < 1.29 is 4.74 Å². The molecule has 2 aliphatic heterocycles. The number of rotatable bonds is 2. The first-order valence-corrected chi connectivity index (χ1v) is 9.44. The van der Waals surface area contributed by atoms with Crippen molar-refractivity contribution in [2.75, 3.05) is 38.3 Å². The summed E-state index contributed by atoms with van der Waals surface area (Å²) in [6, 6.07) is 15.3. The van der Waals surface area contributed by atoms with Gasteiger partial charge in [0.25, 0.3) is 0 Å². The molecular weight excluding hydrogens is 336 g/mol. The Hall–Kier alpha value is -1.56. The molecule has 0 aromatic heterocycles. The molecular formula is C19H20N2OS2. The number of anilines is 2. The van der Waals surface area contributed by atoms with Crippen molar-refractivity contribution in [2.24, 2.45) is 0 Å². The van der Waals surface area contributed by atoms with Gasteiger partial charge in [-0.3, -0.25) is 0 Å².